The Bertz CT molecular complexity index is 1110. The van der Waals surface area contributed by atoms with Crippen LogP contribution in [0.15, 0.2) is 58.1 Å². The number of nitrogens with zero attached hydrogens (tertiary/aromatic N) is 3. The summed E-state index contributed by atoms with van der Waals surface area (Å²) >= 11 is 0. The Labute approximate surface area is 160 Å². The van der Waals surface area contributed by atoms with E-state index in [0.717, 1.165) is 5.56 Å². The highest BCUT2D eigenvalue weighted by molar-refractivity contribution is 7.89. The summed E-state index contributed by atoms with van der Waals surface area (Å²) in [7, 11) is -3.74. The number of nitrogens with one attached hydrogen (secondary N) is 1. The third-order valence-corrected chi connectivity index (χ3v) is 6.35. The summed E-state index contributed by atoms with van der Waals surface area (Å²) in [4.78, 5) is 19.9. The molecule has 4 rings (SSSR count). The molecule has 144 valence electrons. The number of amides is 1. The zero-order chi connectivity index (χ0) is 19.7. The molecule has 3 heterocycles. The largest absolute Gasteiger partial charge is 0.454 e. The van der Waals surface area contributed by atoms with Crippen molar-refractivity contribution in [1.29, 1.82) is 0 Å². The number of hydrogen-bond acceptors (Lipinski definition) is 7. The Morgan fingerprint density at radius 3 is 2.57 bits per heavy atom. The number of fused-ring (bicyclic) bond motifs is 1. The van der Waals surface area contributed by atoms with Crippen molar-refractivity contribution in [1.82, 2.24) is 19.8 Å². The van der Waals surface area contributed by atoms with Gasteiger partial charge in [-0.15, -0.1) is 0 Å². The van der Waals surface area contributed by atoms with Crippen molar-refractivity contribution in [3.05, 3.63) is 65.9 Å². The van der Waals surface area contributed by atoms with Crippen molar-refractivity contribution in [2.45, 2.75) is 17.9 Å². The molecule has 10 heteroatoms. The van der Waals surface area contributed by atoms with Gasteiger partial charge in [-0.1, -0.05) is 0 Å². The number of furan rings is 1. The molecule has 1 amide bonds. The van der Waals surface area contributed by atoms with Crippen LogP contribution in [-0.2, 0) is 23.0 Å². The number of aromatic nitrogens is 2. The van der Waals surface area contributed by atoms with Gasteiger partial charge in [0.2, 0.25) is 10.0 Å². The molecule has 0 radical (unpaired) electrons. The van der Waals surface area contributed by atoms with Crippen LogP contribution in [0, 0.1) is 0 Å². The number of benzene rings is 1. The van der Waals surface area contributed by atoms with Gasteiger partial charge in [-0.2, -0.15) is 4.31 Å². The van der Waals surface area contributed by atoms with Gasteiger partial charge in [0.25, 0.3) is 0 Å². The molecule has 1 aliphatic rings. The maximum absolute atomic E-state index is 13.0. The summed E-state index contributed by atoms with van der Waals surface area (Å²) in [5.74, 6) is 0.0727. The minimum absolute atomic E-state index is 0.0138. The Hall–Kier alpha value is -3.08. The molecule has 2 N–H and O–H groups in total. The van der Waals surface area contributed by atoms with Crippen molar-refractivity contribution in [3.63, 3.8) is 0 Å². The summed E-state index contributed by atoms with van der Waals surface area (Å²) in [6.07, 6.45) is 3.65. The van der Waals surface area contributed by atoms with Gasteiger partial charge < -0.3 is 4.42 Å². The van der Waals surface area contributed by atoms with Crippen LogP contribution >= 0.6 is 0 Å². The van der Waals surface area contributed by atoms with Crippen LogP contribution in [0.25, 0.3) is 11.4 Å². The Morgan fingerprint density at radius 2 is 1.89 bits per heavy atom. The zero-order valence-electron chi connectivity index (χ0n) is 14.6. The molecule has 0 aliphatic carbocycles. The highest BCUT2D eigenvalue weighted by Gasteiger charge is 2.31. The van der Waals surface area contributed by atoms with E-state index in [-0.39, 0.29) is 23.7 Å². The molecule has 0 fully saturated rings. The first kappa shape index (κ1) is 18.3. The second-order valence-electron chi connectivity index (χ2n) is 6.19. The minimum atomic E-state index is -3.74. The Kier molecular flexibility index (Phi) is 4.67. The standard InChI is InChI=1S/C18H16N4O5S/c23-18(21-24)15-10-13-6-9-22(11-16(13)27-15)28(25,26)14-4-2-12(3-5-14)17-19-7-1-8-20-17/h1-5,7-8,10,24H,6,9,11H2,(H,21,23). The topological polar surface area (TPSA) is 126 Å². The Morgan fingerprint density at radius 1 is 1.18 bits per heavy atom. The molecule has 1 aromatic carbocycles. The summed E-state index contributed by atoms with van der Waals surface area (Å²) in [5.41, 5.74) is 2.97. The summed E-state index contributed by atoms with van der Waals surface area (Å²) in [5, 5.41) is 8.71. The number of hydrogen-bond donors (Lipinski definition) is 2. The molecule has 9 nitrogen and oxygen atoms in total. The third-order valence-electron chi connectivity index (χ3n) is 4.49. The number of carbonyl (C=O) groups excluding carboxylic acids is 1. The van der Waals surface area contributed by atoms with Gasteiger partial charge in [0, 0.05) is 24.5 Å². The van der Waals surface area contributed by atoms with E-state index in [4.69, 9.17) is 9.62 Å². The van der Waals surface area contributed by atoms with E-state index in [9.17, 15) is 13.2 Å². The highest BCUT2D eigenvalue weighted by Crippen LogP contribution is 2.28. The molecule has 0 saturated carbocycles. The molecule has 0 bridgehead atoms. The molecular weight excluding hydrogens is 384 g/mol. The zero-order valence-corrected chi connectivity index (χ0v) is 15.4. The minimum Gasteiger partial charge on any atom is -0.454 e. The molecule has 2 aromatic heterocycles. The van der Waals surface area contributed by atoms with Crippen LogP contribution in [0.5, 0.6) is 0 Å². The third kappa shape index (κ3) is 3.28. The summed E-state index contributed by atoms with van der Waals surface area (Å²) < 4.78 is 32.7. The van der Waals surface area contributed by atoms with Crippen LogP contribution in [-0.4, -0.2) is 40.4 Å². The SMILES string of the molecule is O=C(NO)c1cc2c(o1)CN(S(=O)(=O)c1ccc(-c3ncccn3)cc1)CC2. The van der Waals surface area contributed by atoms with Gasteiger partial charge in [0.1, 0.15) is 5.76 Å². The molecule has 0 spiro atoms. The fourth-order valence-corrected chi connectivity index (χ4v) is 4.44. The van der Waals surface area contributed by atoms with E-state index in [1.165, 1.54) is 28.0 Å². The van der Waals surface area contributed by atoms with Crippen LogP contribution < -0.4 is 5.48 Å². The number of sulfonamides is 1. The van der Waals surface area contributed by atoms with Crippen LogP contribution in [0.3, 0.4) is 0 Å². The Balaban J connectivity index is 1.57. The van der Waals surface area contributed by atoms with Crippen LogP contribution in [0.1, 0.15) is 21.9 Å². The lowest BCUT2D eigenvalue weighted by Crippen LogP contribution is -2.35. The van der Waals surface area contributed by atoms with Gasteiger partial charge in [0.15, 0.2) is 11.6 Å². The summed E-state index contributed by atoms with van der Waals surface area (Å²) in [6.45, 7) is 0.276. The van der Waals surface area contributed by atoms with Crippen molar-refractivity contribution in [3.8, 4) is 11.4 Å². The molecule has 1 aliphatic heterocycles. The average molecular weight is 400 g/mol. The van der Waals surface area contributed by atoms with Gasteiger partial charge in [-0.25, -0.2) is 23.9 Å². The lowest BCUT2D eigenvalue weighted by molar-refractivity contribution is 0.0673. The molecule has 28 heavy (non-hydrogen) atoms. The van der Waals surface area contributed by atoms with E-state index >= 15 is 0 Å². The van der Waals surface area contributed by atoms with Gasteiger partial charge in [-0.05, 0) is 48.4 Å². The predicted octanol–water partition coefficient (Wildman–Crippen LogP) is 1.60. The van der Waals surface area contributed by atoms with Crippen molar-refractivity contribution in [2.75, 3.05) is 6.54 Å². The maximum Gasteiger partial charge on any atom is 0.310 e. The first-order chi connectivity index (χ1) is 13.5. The van der Waals surface area contributed by atoms with E-state index in [0.29, 0.717) is 23.6 Å². The van der Waals surface area contributed by atoms with Gasteiger partial charge >= 0.3 is 5.91 Å². The molecule has 3 aromatic rings. The average Bonchev–Trinajstić information content (AvgIpc) is 3.17. The number of carbonyl (C=O) groups is 1. The smallest absolute Gasteiger partial charge is 0.310 e. The maximum atomic E-state index is 13.0. The lowest BCUT2D eigenvalue weighted by atomic mass is 10.1. The first-order valence-electron chi connectivity index (χ1n) is 8.42. The molecule has 0 saturated heterocycles. The normalized spacial score (nSPS) is 14.5. The van der Waals surface area contributed by atoms with Gasteiger partial charge in [-0.3, -0.25) is 10.0 Å². The first-order valence-corrected chi connectivity index (χ1v) is 9.86. The number of rotatable bonds is 4. The highest BCUT2D eigenvalue weighted by atomic mass is 32.2. The van der Waals surface area contributed by atoms with Crippen LogP contribution in [0.4, 0.5) is 0 Å². The molecule has 0 atom stereocenters. The van der Waals surface area contributed by atoms with Crippen molar-refractivity contribution >= 4 is 15.9 Å². The fourth-order valence-electron chi connectivity index (χ4n) is 3.04. The predicted molar refractivity (Wildman–Crippen MR) is 96.7 cm³/mol. The fraction of sp³-hybridized carbons (Fsp3) is 0.167. The van der Waals surface area contributed by atoms with E-state index < -0.39 is 15.9 Å². The molecular formula is C18H16N4O5S. The van der Waals surface area contributed by atoms with Crippen LogP contribution in [0.2, 0.25) is 0 Å². The monoisotopic (exact) mass is 400 g/mol. The second-order valence-corrected chi connectivity index (χ2v) is 8.12. The van der Waals surface area contributed by atoms with E-state index in [1.54, 1.807) is 30.6 Å². The van der Waals surface area contributed by atoms with Gasteiger partial charge in [0.05, 0.1) is 11.4 Å². The summed E-state index contributed by atoms with van der Waals surface area (Å²) in [6, 6.07) is 9.58. The van der Waals surface area contributed by atoms with Crippen molar-refractivity contribution < 1.29 is 22.8 Å². The lowest BCUT2D eigenvalue weighted by Gasteiger charge is -2.25. The van der Waals surface area contributed by atoms with E-state index in [1.807, 2.05) is 0 Å². The molecule has 0 unspecified atom stereocenters. The van der Waals surface area contributed by atoms with Crippen molar-refractivity contribution in [2.24, 2.45) is 0 Å². The second kappa shape index (κ2) is 7.15. The van der Waals surface area contributed by atoms with E-state index in [2.05, 4.69) is 9.97 Å². The number of hydroxylamine groups is 1. The quantitative estimate of drug-likeness (QED) is 0.503.